The zero-order valence-electron chi connectivity index (χ0n) is 9.45. The molecular formula is C12H12FNO3S. The zero-order chi connectivity index (χ0) is 13.1. The Hall–Kier alpha value is -1.56. The molecule has 1 amide bonds. The molecule has 0 aromatic heterocycles. The number of hydrogen-bond donors (Lipinski definition) is 1. The van der Waals surface area contributed by atoms with Gasteiger partial charge in [-0.15, -0.1) is 0 Å². The summed E-state index contributed by atoms with van der Waals surface area (Å²) in [5, 5.41) is 7.92. The summed E-state index contributed by atoms with van der Waals surface area (Å²) in [6.07, 6.45) is -2.44. The summed E-state index contributed by atoms with van der Waals surface area (Å²) < 4.78 is 13.6. The normalized spacial score (nSPS) is 23.1. The van der Waals surface area contributed by atoms with Gasteiger partial charge in [-0.2, -0.15) is 0 Å². The van der Waals surface area contributed by atoms with Crippen molar-refractivity contribution in [2.24, 2.45) is 0 Å². The average Bonchev–Trinajstić information content (AvgIpc) is 2.72. The highest BCUT2D eigenvalue weighted by Crippen LogP contribution is 2.28. The van der Waals surface area contributed by atoms with Gasteiger partial charge in [0, 0.05) is 12.1 Å². The van der Waals surface area contributed by atoms with Crippen LogP contribution < -0.4 is 0 Å². The van der Waals surface area contributed by atoms with E-state index >= 15 is 0 Å². The summed E-state index contributed by atoms with van der Waals surface area (Å²) in [5.74, 6) is 0. The fourth-order valence-corrected chi connectivity index (χ4v) is 2.82. The summed E-state index contributed by atoms with van der Waals surface area (Å²) in [6, 6.07) is 8.58. The SMILES string of the molecule is O=C(S[C@H]1CN(C(=O)O)C[C@H]1F)c1ccccc1. The molecule has 18 heavy (non-hydrogen) atoms. The Balaban J connectivity index is 1.98. The standard InChI is InChI=1S/C12H12FNO3S/c13-9-6-14(12(16)17)7-10(9)18-11(15)8-4-2-1-3-5-8/h1-5,9-10H,6-7H2,(H,16,17)/t9-,10+/m1/s1. The number of amides is 1. The molecule has 1 aromatic carbocycles. The first-order valence-corrected chi connectivity index (χ1v) is 6.34. The number of rotatable bonds is 2. The third-order valence-corrected chi connectivity index (χ3v) is 3.93. The van der Waals surface area contributed by atoms with Gasteiger partial charge in [0.25, 0.3) is 0 Å². The van der Waals surface area contributed by atoms with Gasteiger partial charge in [-0.05, 0) is 0 Å². The lowest BCUT2D eigenvalue weighted by Crippen LogP contribution is -2.27. The summed E-state index contributed by atoms with van der Waals surface area (Å²) in [7, 11) is 0. The molecule has 1 aliphatic rings. The fourth-order valence-electron chi connectivity index (χ4n) is 1.78. The van der Waals surface area contributed by atoms with Crippen LogP contribution in [-0.4, -0.2) is 45.7 Å². The molecule has 2 atom stereocenters. The summed E-state index contributed by atoms with van der Waals surface area (Å²) in [5.41, 5.74) is 0.503. The number of likely N-dealkylation sites (tertiary alicyclic amines) is 1. The average molecular weight is 269 g/mol. The topological polar surface area (TPSA) is 57.6 Å². The molecule has 1 saturated heterocycles. The number of halogens is 1. The number of carbonyl (C=O) groups excluding carboxylic acids is 1. The smallest absolute Gasteiger partial charge is 0.407 e. The Morgan fingerprint density at radius 2 is 1.94 bits per heavy atom. The molecule has 6 heteroatoms. The van der Waals surface area contributed by atoms with E-state index in [1.54, 1.807) is 30.3 Å². The molecule has 4 nitrogen and oxygen atoms in total. The van der Waals surface area contributed by atoms with Crippen molar-refractivity contribution in [1.29, 1.82) is 0 Å². The highest BCUT2D eigenvalue weighted by atomic mass is 32.2. The van der Waals surface area contributed by atoms with Crippen molar-refractivity contribution in [2.75, 3.05) is 13.1 Å². The largest absolute Gasteiger partial charge is 0.465 e. The molecule has 0 spiro atoms. The lowest BCUT2D eigenvalue weighted by atomic mass is 10.2. The van der Waals surface area contributed by atoms with Gasteiger partial charge in [-0.3, -0.25) is 4.79 Å². The molecule has 0 saturated carbocycles. The molecule has 1 aliphatic heterocycles. The van der Waals surface area contributed by atoms with Crippen molar-refractivity contribution in [3.63, 3.8) is 0 Å². The van der Waals surface area contributed by atoms with Crippen LogP contribution in [0, 0.1) is 0 Å². The van der Waals surface area contributed by atoms with Crippen LogP contribution in [0.5, 0.6) is 0 Å². The Kier molecular flexibility index (Phi) is 3.86. The molecule has 0 bridgehead atoms. The minimum absolute atomic E-state index is 0.0553. The van der Waals surface area contributed by atoms with Crippen LogP contribution in [0.4, 0.5) is 9.18 Å². The van der Waals surface area contributed by atoms with Crippen LogP contribution in [0.2, 0.25) is 0 Å². The van der Waals surface area contributed by atoms with Gasteiger partial charge in [-0.1, -0.05) is 42.1 Å². The third kappa shape index (κ3) is 2.81. The monoisotopic (exact) mass is 269 g/mol. The number of benzene rings is 1. The minimum atomic E-state index is -1.29. The maximum absolute atomic E-state index is 13.6. The first-order valence-electron chi connectivity index (χ1n) is 5.46. The highest BCUT2D eigenvalue weighted by molar-refractivity contribution is 8.14. The van der Waals surface area contributed by atoms with Crippen molar-refractivity contribution < 1.29 is 19.1 Å². The van der Waals surface area contributed by atoms with E-state index in [1.807, 2.05) is 0 Å². The van der Waals surface area contributed by atoms with Gasteiger partial charge >= 0.3 is 6.09 Å². The van der Waals surface area contributed by atoms with Crippen molar-refractivity contribution in [3.05, 3.63) is 35.9 Å². The van der Waals surface area contributed by atoms with E-state index in [0.717, 1.165) is 16.7 Å². The quantitative estimate of drug-likeness (QED) is 0.894. The van der Waals surface area contributed by atoms with Gasteiger partial charge in [0.15, 0.2) is 0 Å². The van der Waals surface area contributed by atoms with Crippen LogP contribution >= 0.6 is 11.8 Å². The van der Waals surface area contributed by atoms with Gasteiger partial charge in [0.1, 0.15) is 6.17 Å². The number of nitrogens with zero attached hydrogens (tertiary/aromatic N) is 1. The molecule has 0 radical (unpaired) electrons. The predicted octanol–water partition coefficient (Wildman–Crippen LogP) is 2.26. The minimum Gasteiger partial charge on any atom is -0.465 e. The number of hydrogen-bond acceptors (Lipinski definition) is 3. The first-order chi connectivity index (χ1) is 8.58. The van der Waals surface area contributed by atoms with Gasteiger partial charge < -0.3 is 10.0 Å². The highest BCUT2D eigenvalue weighted by Gasteiger charge is 2.37. The zero-order valence-corrected chi connectivity index (χ0v) is 10.3. The Morgan fingerprint density at radius 1 is 1.28 bits per heavy atom. The Labute approximate surface area is 108 Å². The van der Waals surface area contributed by atoms with E-state index in [4.69, 9.17) is 5.11 Å². The number of carboxylic acid groups (broad SMARTS) is 1. The van der Waals surface area contributed by atoms with E-state index in [2.05, 4.69) is 0 Å². The Morgan fingerprint density at radius 3 is 2.50 bits per heavy atom. The summed E-state index contributed by atoms with van der Waals surface area (Å²) in [4.78, 5) is 23.6. The van der Waals surface area contributed by atoms with Crippen molar-refractivity contribution >= 4 is 23.0 Å². The summed E-state index contributed by atoms with van der Waals surface area (Å²) in [6.45, 7) is -0.102. The number of alkyl halides is 1. The Bertz CT molecular complexity index is 454. The molecule has 2 rings (SSSR count). The van der Waals surface area contributed by atoms with E-state index in [9.17, 15) is 14.0 Å². The van der Waals surface area contributed by atoms with Crippen LogP contribution in [0.3, 0.4) is 0 Å². The molecule has 96 valence electrons. The first kappa shape index (κ1) is 12.9. The van der Waals surface area contributed by atoms with Crippen molar-refractivity contribution in [3.8, 4) is 0 Å². The van der Waals surface area contributed by atoms with E-state index in [0.29, 0.717) is 5.56 Å². The summed E-state index contributed by atoms with van der Waals surface area (Å²) >= 11 is 0.871. The number of carbonyl (C=O) groups is 2. The second-order valence-electron chi connectivity index (χ2n) is 4.01. The predicted molar refractivity (Wildman–Crippen MR) is 66.6 cm³/mol. The molecule has 1 aromatic rings. The number of thioether (sulfide) groups is 1. The maximum atomic E-state index is 13.6. The molecule has 0 unspecified atom stereocenters. The molecule has 0 aliphatic carbocycles. The lowest BCUT2D eigenvalue weighted by Gasteiger charge is -2.11. The van der Waals surface area contributed by atoms with Gasteiger partial charge in [0.05, 0.1) is 11.8 Å². The van der Waals surface area contributed by atoms with E-state index < -0.39 is 17.5 Å². The second kappa shape index (κ2) is 5.39. The maximum Gasteiger partial charge on any atom is 0.407 e. The third-order valence-electron chi connectivity index (χ3n) is 2.74. The van der Waals surface area contributed by atoms with Crippen molar-refractivity contribution in [2.45, 2.75) is 11.4 Å². The van der Waals surface area contributed by atoms with E-state index in [-0.39, 0.29) is 18.2 Å². The van der Waals surface area contributed by atoms with Crippen LogP contribution in [-0.2, 0) is 0 Å². The molecule has 1 N–H and O–H groups in total. The molecule has 1 fully saturated rings. The van der Waals surface area contributed by atoms with Gasteiger partial charge in [0.2, 0.25) is 5.12 Å². The lowest BCUT2D eigenvalue weighted by molar-refractivity contribution is 0.108. The van der Waals surface area contributed by atoms with Crippen LogP contribution in [0.25, 0.3) is 0 Å². The molecule has 1 heterocycles. The van der Waals surface area contributed by atoms with Crippen LogP contribution in [0.1, 0.15) is 10.4 Å². The van der Waals surface area contributed by atoms with E-state index in [1.165, 1.54) is 0 Å². The van der Waals surface area contributed by atoms with Gasteiger partial charge in [-0.25, -0.2) is 9.18 Å². The second-order valence-corrected chi connectivity index (χ2v) is 5.23. The van der Waals surface area contributed by atoms with Crippen LogP contribution in [0.15, 0.2) is 30.3 Å². The molecular weight excluding hydrogens is 257 g/mol. The van der Waals surface area contributed by atoms with Crippen molar-refractivity contribution in [1.82, 2.24) is 4.90 Å². The fraction of sp³-hybridized carbons (Fsp3) is 0.333.